The van der Waals surface area contributed by atoms with Crippen LogP contribution in [0.4, 0.5) is 0 Å². The summed E-state index contributed by atoms with van der Waals surface area (Å²) in [4.78, 5) is 10.3. The van der Waals surface area contributed by atoms with E-state index in [-0.39, 0.29) is 0 Å². The Morgan fingerprint density at radius 3 is 3.10 bits per heavy atom. The van der Waals surface area contributed by atoms with Crippen LogP contribution in [0.1, 0.15) is 31.7 Å². The molecule has 4 rings (SSSR count). The van der Waals surface area contributed by atoms with E-state index in [2.05, 4.69) is 19.4 Å². The number of aromatic amines is 1. The van der Waals surface area contributed by atoms with E-state index in [1.54, 1.807) is 6.20 Å². The number of nitrogens with one attached hydrogen (secondary N) is 1. The first-order valence-corrected chi connectivity index (χ1v) is 8.01. The molecule has 0 saturated carbocycles. The fourth-order valence-electron chi connectivity index (χ4n) is 3.76. The second-order valence-corrected chi connectivity index (χ2v) is 6.66. The van der Waals surface area contributed by atoms with Gasteiger partial charge in [0.15, 0.2) is 10.4 Å². The van der Waals surface area contributed by atoms with Crippen molar-refractivity contribution in [3.05, 3.63) is 22.1 Å². The summed E-state index contributed by atoms with van der Waals surface area (Å²) in [5.74, 6) is 0. The molecular formula is C14H17ClN4S. The van der Waals surface area contributed by atoms with Crippen LogP contribution in [0.2, 0.25) is 5.02 Å². The summed E-state index contributed by atoms with van der Waals surface area (Å²) in [6, 6.07) is 3.10. The molecule has 4 heterocycles. The summed E-state index contributed by atoms with van der Waals surface area (Å²) in [5, 5.41) is 0.645. The van der Waals surface area contributed by atoms with Crippen LogP contribution in [-0.4, -0.2) is 38.6 Å². The maximum atomic E-state index is 6.01. The summed E-state index contributed by atoms with van der Waals surface area (Å²) in [6.45, 7) is 2.45. The summed E-state index contributed by atoms with van der Waals surface area (Å²) in [5.41, 5.74) is 1.88. The molecule has 0 radical (unpaired) electrons. The molecule has 106 valence electrons. The fraction of sp³-hybridized carbons (Fsp3) is 0.571. The Bertz CT molecular complexity index is 707. The molecule has 0 spiro atoms. The Kier molecular flexibility index (Phi) is 3.09. The zero-order valence-corrected chi connectivity index (χ0v) is 12.8. The smallest absolute Gasteiger partial charge is 0.179 e. The standard InChI is InChI=1S/C14H17ClN4S/c15-9-6-12-13(16-8-9)19(14(20)17-12)11-3-5-18-4-1-2-10(18)7-11/h6,8,10-11H,1-5,7H2,(H,17,20). The molecule has 0 aliphatic carbocycles. The van der Waals surface area contributed by atoms with E-state index in [4.69, 9.17) is 23.8 Å². The van der Waals surface area contributed by atoms with Gasteiger partial charge in [-0.15, -0.1) is 0 Å². The van der Waals surface area contributed by atoms with Gasteiger partial charge in [-0.2, -0.15) is 0 Å². The van der Waals surface area contributed by atoms with Gasteiger partial charge in [-0.05, 0) is 50.5 Å². The first kappa shape index (κ1) is 12.8. The molecule has 6 heteroatoms. The SMILES string of the molecule is S=c1[nH]c2cc(Cl)cnc2n1C1CCN2CCCC2C1. The lowest BCUT2D eigenvalue weighted by molar-refractivity contribution is 0.156. The quantitative estimate of drug-likeness (QED) is 0.819. The van der Waals surface area contributed by atoms with Crippen molar-refractivity contribution in [2.45, 2.75) is 37.8 Å². The maximum absolute atomic E-state index is 6.01. The number of halogens is 1. The summed E-state index contributed by atoms with van der Waals surface area (Å²) < 4.78 is 2.97. The van der Waals surface area contributed by atoms with E-state index in [1.165, 1.54) is 32.4 Å². The third-order valence-electron chi connectivity index (χ3n) is 4.68. The van der Waals surface area contributed by atoms with Gasteiger partial charge in [-0.3, -0.25) is 4.57 Å². The molecule has 2 saturated heterocycles. The van der Waals surface area contributed by atoms with Gasteiger partial charge in [0, 0.05) is 24.8 Å². The number of hydrogen-bond acceptors (Lipinski definition) is 3. The maximum Gasteiger partial charge on any atom is 0.179 e. The lowest BCUT2D eigenvalue weighted by Crippen LogP contribution is -2.38. The van der Waals surface area contributed by atoms with Crippen molar-refractivity contribution in [1.29, 1.82) is 0 Å². The predicted molar refractivity (Wildman–Crippen MR) is 82.8 cm³/mol. The zero-order chi connectivity index (χ0) is 13.7. The minimum absolute atomic E-state index is 0.462. The van der Waals surface area contributed by atoms with Crippen molar-refractivity contribution >= 4 is 35.0 Å². The molecule has 2 aliphatic rings. The van der Waals surface area contributed by atoms with Gasteiger partial charge >= 0.3 is 0 Å². The number of hydrogen-bond donors (Lipinski definition) is 1. The van der Waals surface area contributed by atoms with Crippen molar-refractivity contribution < 1.29 is 0 Å². The van der Waals surface area contributed by atoms with Gasteiger partial charge in [-0.25, -0.2) is 4.98 Å². The molecule has 0 amide bonds. The van der Waals surface area contributed by atoms with Crippen LogP contribution in [0.25, 0.3) is 11.2 Å². The third kappa shape index (κ3) is 2.00. The number of piperidine rings is 1. The number of H-pyrrole nitrogens is 1. The van der Waals surface area contributed by atoms with E-state index >= 15 is 0 Å². The Morgan fingerprint density at radius 2 is 2.20 bits per heavy atom. The van der Waals surface area contributed by atoms with Gasteiger partial charge in [0.25, 0.3) is 0 Å². The van der Waals surface area contributed by atoms with E-state index in [0.717, 1.165) is 28.4 Å². The molecule has 0 bridgehead atoms. The number of imidazole rings is 1. The lowest BCUT2D eigenvalue weighted by atomic mass is 9.97. The highest BCUT2D eigenvalue weighted by Crippen LogP contribution is 2.34. The largest absolute Gasteiger partial charge is 0.329 e. The molecule has 1 N–H and O–H groups in total. The van der Waals surface area contributed by atoms with Crippen LogP contribution in [0.5, 0.6) is 0 Å². The van der Waals surface area contributed by atoms with Crippen LogP contribution in [-0.2, 0) is 0 Å². The number of nitrogens with zero attached hydrogens (tertiary/aromatic N) is 3. The van der Waals surface area contributed by atoms with Crippen LogP contribution in [0, 0.1) is 4.77 Å². The molecule has 2 unspecified atom stereocenters. The predicted octanol–water partition coefficient (Wildman–Crippen LogP) is 3.55. The minimum atomic E-state index is 0.462. The summed E-state index contributed by atoms with van der Waals surface area (Å²) in [7, 11) is 0. The number of fused-ring (bicyclic) bond motifs is 2. The Balaban J connectivity index is 1.74. The van der Waals surface area contributed by atoms with Gasteiger partial charge in [0.2, 0.25) is 0 Å². The molecule has 0 aromatic carbocycles. The molecule has 2 fully saturated rings. The van der Waals surface area contributed by atoms with Gasteiger partial charge < -0.3 is 9.88 Å². The molecule has 2 aliphatic heterocycles. The third-order valence-corrected chi connectivity index (χ3v) is 5.19. The molecule has 2 aromatic heterocycles. The second-order valence-electron chi connectivity index (χ2n) is 5.84. The Hall–Kier alpha value is -0.910. The van der Waals surface area contributed by atoms with Crippen molar-refractivity contribution in [1.82, 2.24) is 19.4 Å². The zero-order valence-electron chi connectivity index (χ0n) is 11.2. The van der Waals surface area contributed by atoms with E-state index in [1.807, 2.05) is 6.07 Å². The van der Waals surface area contributed by atoms with Crippen molar-refractivity contribution in [3.8, 4) is 0 Å². The number of pyridine rings is 1. The second kappa shape index (κ2) is 4.83. The highest BCUT2D eigenvalue weighted by Gasteiger charge is 2.33. The average Bonchev–Trinajstić information content (AvgIpc) is 3.00. The van der Waals surface area contributed by atoms with Crippen molar-refractivity contribution in [2.24, 2.45) is 0 Å². The number of rotatable bonds is 1. The van der Waals surface area contributed by atoms with Crippen molar-refractivity contribution in [2.75, 3.05) is 13.1 Å². The van der Waals surface area contributed by atoms with Gasteiger partial charge in [0.1, 0.15) is 0 Å². The van der Waals surface area contributed by atoms with Crippen LogP contribution >= 0.6 is 23.8 Å². The Morgan fingerprint density at radius 1 is 1.30 bits per heavy atom. The minimum Gasteiger partial charge on any atom is -0.329 e. The van der Waals surface area contributed by atoms with Crippen molar-refractivity contribution in [3.63, 3.8) is 0 Å². The molecular weight excluding hydrogens is 292 g/mol. The monoisotopic (exact) mass is 308 g/mol. The molecule has 2 atom stereocenters. The summed E-state index contributed by atoms with van der Waals surface area (Å²) >= 11 is 11.5. The first-order chi connectivity index (χ1) is 9.72. The topological polar surface area (TPSA) is 36.9 Å². The average molecular weight is 309 g/mol. The molecule has 20 heavy (non-hydrogen) atoms. The van der Waals surface area contributed by atoms with Crippen LogP contribution in [0.15, 0.2) is 12.3 Å². The fourth-order valence-corrected chi connectivity index (χ4v) is 4.27. The van der Waals surface area contributed by atoms with Gasteiger partial charge in [-0.1, -0.05) is 11.6 Å². The summed E-state index contributed by atoms with van der Waals surface area (Å²) in [6.07, 6.45) is 6.71. The molecule has 4 nitrogen and oxygen atoms in total. The van der Waals surface area contributed by atoms with E-state index in [9.17, 15) is 0 Å². The number of aromatic nitrogens is 3. The highest BCUT2D eigenvalue weighted by atomic mass is 35.5. The van der Waals surface area contributed by atoms with E-state index < -0.39 is 0 Å². The molecule has 2 aromatic rings. The van der Waals surface area contributed by atoms with Crippen LogP contribution in [0.3, 0.4) is 0 Å². The van der Waals surface area contributed by atoms with Crippen LogP contribution < -0.4 is 0 Å². The first-order valence-electron chi connectivity index (χ1n) is 7.22. The van der Waals surface area contributed by atoms with E-state index in [0.29, 0.717) is 11.1 Å². The normalized spacial score (nSPS) is 27.1. The highest BCUT2D eigenvalue weighted by molar-refractivity contribution is 7.71. The Labute approximate surface area is 127 Å². The lowest BCUT2D eigenvalue weighted by Gasteiger charge is -2.35. The van der Waals surface area contributed by atoms with Gasteiger partial charge in [0.05, 0.1) is 10.5 Å².